The number of hydrogen-bond donors (Lipinski definition) is 1. The van der Waals surface area contributed by atoms with E-state index < -0.39 is 11.9 Å². The molecule has 0 aromatic carbocycles. The number of aliphatic carboxylic acids is 1. The van der Waals surface area contributed by atoms with Crippen LogP contribution in [0.15, 0.2) is 12.1 Å². The topological polar surface area (TPSA) is 40.5 Å². The van der Waals surface area contributed by atoms with Crippen molar-refractivity contribution in [3.63, 3.8) is 0 Å². The van der Waals surface area contributed by atoms with Crippen LogP contribution in [-0.4, -0.2) is 35.6 Å². The number of carbonyl (C=O) groups is 1. The van der Waals surface area contributed by atoms with Gasteiger partial charge < -0.3 is 10.0 Å². The first kappa shape index (κ1) is 11.9. The maximum absolute atomic E-state index is 11.2. The number of likely N-dealkylation sites (tertiary alicyclic amines) is 1. The van der Waals surface area contributed by atoms with Gasteiger partial charge in [-0.05, 0) is 38.1 Å². The lowest BCUT2D eigenvalue weighted by molar-refractivity contribution is -0.139. The third kappa shape index (κ3) is 2.75. The van der Waals surface area contributed by atoms with Crippen LogP contribution in [0.5, 0.6) is 0 Å². The first-order valence-corrected chi connectivity index (χ1v) is 6.56. The minimum atomic E-state index is -0.759. The van der Waals surface area contributed by atoms with Gasteiger partial charge in [-0.25, -0.2) is 0 Å². The second-order valence-electron chi connectivity index (χ2n) is 4.04. The van der Waals surface area contributed by atoms with Gasteiger partial charge in [0.05, 0.1) is 4.34 Å². The van der Waals surface area contributed by atoms with Crippen molar-refractivity contribution in [1.29, 1.82) is 0 Å². The molecule has 88 valence electrons. The minimum absolute atomic E-state index is 0.435. The van der Waals surface area contributed by atoms with E-state index in [1.165, 1.54) is 24.2 Å². The maximum Gasteiger partial charge on any atom is 0.313 e. The van der Waals surface area contributed by atoms with Gasteiger partial charge in [0.1, 0.15) is 5.92 Å². The Morgan fingerprint density at radius 2 is 2.19 bits per heavy atom. The van der Waals surface area contributed by atoms with Gasteiger partial charge in [-0.3, -0.25) is 4.79 Å². The Balaban J connectivity index is 2.07. The molecule has 16 heavy (non-hydrogen) atoms. The summed E-state index contributed by atoms with van der Waals surface area (Å²) in [5.41, 5.74) is 0. The van der Waals surface area contributed by atoms with Crippen molar-refractivity contribution < 1.29 is 9.90 Å². The summed E-state index contributed by atoms with van der Waals surface area (Å²) in [7, 11) is 0. The Morgan fingerprint density at radius 1 is 1.50 bits per heavy atom. The summed E-state index contributed by atoms with van der Waals surface area (Å²) in [6.45, 7) is 2.64. The zero-order valence-corrected chi connectivity index (χ0v) is 10.4. The maximum atomic E-state index is 11.2. The fourth-order valence-electron chi connectivity index (χ4n) is 2.03. The Labute approximate surface area is 104 Å². The van der Waals surface area contributed by atoms with Crippen LogP contribution in [0.2, 0.25) is 4.34 Å². The lowest BCUT2D eigenvalue weighted by atomic mass is 10.1. The minimum Gasteiger partial charge on any atom is -0.481 e. The van der Waals surface area contributed by atoms with Gasteiger partial charge in [0.25, 0.3) is 0 Å². The largest absolute Gasteiger partial charge is 0.481 e. The van der Waals surface area contributed by atoms with E-state index in [4.69, 9.17) is 11.6 Å². The molecule has 5 heteroatoms. The standard InChI is InChI=1S/C11H14ClNO2S/c12-10-4-3-9(16-10)8(11(14)15)7-13-5-1-2-6-13/h3-4,8H,1-2,5-7H2,(H,14,15). The second kappa shape index (κ2) is 5.17. The van der Waals surface area contributed by atoms with E-state index in [1.807, 2.05) is 6.07 Å². The highest BCUT2D eigenvalue weighted by Crippen LogP contribution is 2.29. The molecule has 0 spiro atoms. The molecule has 1 atom stereocenters. The van der Waals surface area contributed by atoms with E-state index in [9.17, 15) is 9.90 Å². The van der Waals surface area contributed by atoms with Crippen molar-refractivity contribution in [3.8, 4) is 0 Å². The lowest BCUT2D eigenvalue weighted by Crippen LogP contribution is -2.29. The number of rotatable bonds is 4. The third-order valence-electron chi connectivity index (χ3n) is 2.87. The van der Waals surface area contributed by atoms with Gasteiger partial charge in [0.15, 0.2) is 0 Å². The Kier molecular flexibility index (Phi) is 3.84. The third-order valence-corrected chi connectivity index (χ3v) is 4.22. The summed E-state index contributed by atoms with van der Waals surface area (Å²) in [4.78, 5) is 14.3. The molecular weight excluding hydrogens is 246 g/mol. The highest BCUT2D eigenvalue weighted by atomic mass is 35.5. The number of thiophene rings is 1. The normalized spacial score (nSPS) is 18.8. The fraction of sp³-hybridized carbons (Fsp3) is 0.545. The highest BCUT2D eigenvalue weighted by molar-refractivity contribution is 7.16. The summed E-state index contributed by atoms with van der Waals surface area (Å²) < 4.78 is 0.655. The molecule has 1 unspecified atom stereocenters. The average Bonchev–Trinajstić information content (AvgIpc) is 2.84. The van der Waals surface area contributed by atoms with E-state index in [0.717, 1.165) is 18.0 Å². The molecule has 0 saturated carbocycles. The molecule has 0 bridgehead atoms. The smallest absolute Gasteiger partial charge is 0.313 e. The number of hydrogen-bond acceptors (Lipinski definition) is 3. The predicted molar refractivity (Wildman–Crippen MR) is 65.4 cm³/mol. The molecule has 0 radical (unpaired) electrons. The van der Waals surface area contributed by atoms with Crippen LogP contribution < -0.4 is 0 Å². The van der Waals surface area contributed by atoms with E-state index >= 15 is 0 Å². The summed E-state index contributed by atoms with van der Waals surface area (Å²) in [6, 6.07) is 3.59. The van der Waals surface area contributed by atoms with E-state index in [1.54, 1.807) is 6.07 Å². The molecule has 1 aliphatic rings. The molecular formula is C11H14ClNO2S. The average molecular weight is 260 g/mol. The van der Waals surface area contributed by atoms with Gasteiger partial charge in [0, 0.05) is 11.4 Å². The van der Waals surface area contributed by atoms with Gasteiger partial charge in [-0.15, -0.1) is 11.3 Å². The van der Waals surface area contributed by atoms with Crippen LogP contribution in [0.3, 0.4) is 0 Å². The summed E-state index contributed by atoms with van der Waals surface area (Å²) in [5.74, 6) is -1.19. The predicted octanol–water partition coefficient (Wildman–Crippen LogP) is 2.67. The number of nitrogens with zero attached hydrogens (tertiary/aromatic N) is 1. The van der Waals surface area contributed by atoms with Gasteiger partial charge in [-0.1, -0.05) is 11.6 Å². The molecule has 1 saturated heterocycles. The zero-order chi connectivity index (χ0) is 11.5. The number of halogens is 1. The first-order chi connectivity index (χ1) is 7.66. The molecule has 1 aromatic rings. The Morgan fingerprint density at radius 3 is 2.69 bits per heavy atom. The molecule has 0 aliphatic carbocycles. The van der Waals surface area contributed by atoms with E-state index in [-0.39, 0.29) is 0 Å². The molecule has 3 nitrogen and oxygen atoms in total. The second-order valence-corrected chi connectivity index (χ2v) is 5.79. The molecule has 0 amide bonds. The Bertz CT molecular complexity index is 374. The van der Waals surface area contributed by atoms with Crippen LogP contribution in [0.4, 0.5) is 0 Å². The lowest BCUT2D eigenvalue weighted by Gasteiger charge is -2.19. The van der Waals surface area contributed by atoms with E-state index in [2.05, 4.69) is 4.90 Å². The molecule has 2 rings (SSSR count). The Hall–Kier alpha value is -0.580. The van der Waals surface area contributed by atoms with Gasteiger partial charge >= 0.3 is 5.97 Å². The van der Waals surface area contributed by atoms with Crippen LogP contribution in [-0.2, 0) is 4.79 Å². The zero-order valence-electron chi connectivity index (χ0n) is 8.86. The van der Waals surface area contributed by atoms with Crippen molar-refractivity contribution in [2.75, 3.05) is 19.6 Å². The van der Waals surface area contributed by atoms with Crippen LogP contribution in [0, 0.1) is 0 Å². The monoisotopic (exact) mass is 259 g/mol. The van der Waals surface area contributed by atoms with Gasteiger partial charge in [0.2, 0.25) is 0 Å². The van der Waals surface area contributed by atoms with Crippen molar-refractivity contribution in [2.24, 2.45) is 0 Å². The SMILES string of the molecule is O=C(O)C(CN1CCCC1)c1ccc(Cl)s1. The van der Waals surface area contributed by atoms with Crippen molar-refractivity contribution in [3.05, 3.63) is 21.3 Å². The van der Waals surface area contributed by atoms with E-state index in [0.29, 0.717) is 10.9 Å². The molecule has 1 fully saturated rings. The van der Waals surface area contributed by atoms with Crippen molar-refractivity contribution in [1.82, 2.24) is 4.90 Å². The molecule has 1 aromatic heterocycles. The molecule has 1 aliphatic heterocycles. The van der Waals surface area contributed by atoms with Crippen molar-refractivity contribution in [2.45, 2.75) is 18.8 Å². The first-order valence-electron chi connectivity index (χ1n) is 5.37. The summed E-state index contributed by atoms with van der Waals surface area (Å²) >= 11 is 7.20. The van der Waals surface area contributed by atoms with Gasteiger partial charge in [-0.2, -0.15) is 0 Å². The quantitative estimate of drug-likeness (QED) is 0.904. The van der Waals surface area contributed by atoms with Crippen LogP contribution in [0.1, 0.15) is 23.6 Å². The number of carboxylic acid groups (broad SMARTS) is 1. The summed E-state index contributed by atoms with van der Waals surface area (Å²) in [5, 5.41) is 9.23. The fourth-order valence-corrected chi connectivity index (χ4v) is 3.17. The number of carboxylic acids is 1. The van der Waals surface area contributed by atoms with Crippen molar-refractivity contribution >= 4 is 28.9 Å². The highest BCUT2D eigenvalue weighted by Gasteiger charge is 2.25. The van der Waals surface area contributed by atoms with Crippen LogP contribution in [0.25, 0.3) is 0 Å². The molecule has 2 heterocycles. The summed E-state index contributed by atoms with van der Waals surface area (Å²) in [6.07, 6.45) is 2.36. The molecule has 1 N–H and O–H groups in total. The van der Waals surface area contributed by atoms with Crippen LogP contribution >= 0.6 is 22.9 Å².